The van der Waals surface area contributed by atoms with Crippen molar-refractivity contribution in [2.75, 3.05) is 0 Å². The SMILES string of the molecule is CC[C@@H](C)NC(=O)[C@H](C)N(Cc1ccc(Br)cc1)C(=O)Cc1ccccc1Cl. The van der Waals surface area contributed by atoms with Gasteiger partial charge in [-0.3, -0.25) is 9.59 Å². The minimum Gasteiger partial charge on any atom is -0.352 e. The van der Waals surface area contributed by atoms with E-state index in [9.17, 15) is 9.59 Å². The first-order valence-electron chi connectivity index (χ1n) is 9.39. The van der Waals surface area contributed by atoms with Gasteiger partial charge in [-0.25, -0.2) is 0 Å². The lowest BCUT2D eigenvalue weighted by atomic mass is 10.1. The molecule has 1 N–H and O–H groups in total. The molecule has 0 unspecified atom stereocenters. The summed E-state index contributed by atoms with van der Waals surface area (Å²) in [6.07, 6.45) is 0.982. The molecule has 6 heteroatoms. The van der Waals surface area contributed by atoms with Crippen LogP contribution in [0.15, 0.2) is 53.0 Å². The molecule has 0 radical (unpaired) electrons. The average molecular weight is 466 g/mol. The van der Waals surface area contributed by atoms with E-state index in [1.165, 1.54) is 0 Å². The Morgan fingerprint density at radius 1 is 1.11 bits per heavy atom. The lowest BCUT2D eigenvalue weighted by molar-refractivity contribution is -0.140. The molecule has 2 aromatic rings. The molecule has 2 rings (SSSR count). The quantitative estimate of drug-likeness (QED) is 0.598. The third kappa shape index (κ3) is 6.35. The number of nitrogens with one attached hydrogen (secondary N) is 1. The van der Waals surface area contributed by atoms with Gasteiger partial charge in [-0.2, -0.15) is 0 Å². The third-order valence-corrected chi connectivity index (χ3v) is 5.63. The summed E-state index contributed by atoms with van der Waals surface area (Å²) in [6.45, 7) is 6.08. The van der Waals surface area contributed by atoms with Gasteiger partial charge in [-0.05, 0) is 49.6 Å². The first kappa shape index (κ1) is 22.4. The zero-order chi connectivity index (χ0) is 20.7. The second kappa shape index (κ2) is 10.6. The summed E-state index contributed by atoms with van der Waals surface area (Å²) in [4.78, 5) is 27.4. The number of benzene rings is 2. The number of halogens is 2. The minimum atomic E-state index is -0.590. The van der Waals surface area contributed by atoms with Gasteiger partial charge in [0.15, 0.2) is 0 Å². The van der Waals surface area contributed by atoms with Crippen LogP contribution in [0.2, 0.25) is 5.02 Å². The molecule has 0 aliphatic rings. The van der Waals surface area contributed by atoms with E-state index in [-0.39, 0.29) is 24.3 Å². The Bertz CT molecular complexity index is 810. The van der Waals surface area contributed by atoms with Crippen molar-refractivity contribution in [2.45, 2.75) is 52.2 Å². The van der Waals surface area contributed by atoms with E-state index in [1.54, 1.807) is 17.9 Å². The van der Waals surface area contributed by atoms with E-state index >= 15 is 0 Å². The van der Waals surface area contributed by atoms with Gasteiger partial charge in [0.25, 0.3) is 0 Å². The molecule has 0 saturated carbocycles. The number of hydrogen-bond acceptors (Lipinski definition) is 2. The molecule has 2 atom stereocenters. The van der Waals surface area contributed by atoms with Crippen molar-refractivity contribution in [1.29, 1.82) is 0 Å². The highest BCUT2D eigenvalue weighted by Gasteiger charge is 2.27. The van der Waals surface area contributed by atoms with Gasteiger partial charge in [0.05, 0.1) is 6.42 Å². The lowest BCUT2D eigenvalue weighted by Gasteiger charge is -2.30. The second-order valence-electron chi connectivity index (χ2n) is 6.91. The molecule has 0 heterocycles. The van der Waals surface area contributed by atoms with E-state index in [0.29, 0.717) is 11.6 Å². The Kier molecular flexibility index (Phi) is 8.52. The summed E-state index contributed by atoms with van der Waals surface area (Å²) in [6, 6.07) is 14.5. The molecule has 2 aromatic carbocycles. The van der Waals surface area contributed by atoms with E-state index in [0.717, 1.165) is 22.0 Å². The van der Waals surface area contributed by atoms with E-state index in [1.807, 2.05) is 56.3 Å². The van der Waals surface area contributed by atoms with Crippen molar-refractivity contribution in [3.8, 4) is 0 Å². The number of amides is 2. The molecule has 0 saturated heterocycles. The number of nitrogens with zero attached hydrogens (tertiary/aromatic N) is 1. The number of carbonyl (C=O) groups excluding carboxylic acids is 2. The Morgan fingerprint density at radius 3 is 2.36 bits per heavy atom. The van der Waals surface area contributed by atoms with Crippen molar-refractivity contribution in [3.05, 3.63) is 69.2 Å². The Hall–Kier alpha value is -1.85. The lowest BCUT2D eigenvalue weighted by Crippen LogP contribution is -2.49. The van der Waals surface area contributed by atoms with Gasteiger partial charge in [0.2, 0.25) is 11.8 Å². The van der Waals surface area contributed by atoms with Crippen molar-refractivity contribution < 1.29 is 9.59 Å². The molecule has 0 spiro atoms. The van der Waals surface area contributed by atoms with Crippen LogP contribution in [0, 0.1) is 0 Å². The van der Waals surface area contributed by atoms with Crippen LogP contribution >= 0.6 is 27.5 Å². The van der Waals surface area contributed by atoms with Gasteiger partial charge in [0.1, 0.15) is 6.04 Å². The molecule has 0 aliphatic carbocycles. The van der Waals surface area contributed by atoms with Crippen molar-refractivity contribution in [3.63, 3.8) is 0 Å². The van der Waals surface area contributed by atoms with Crippen molar-refractivity contribution in [1.82, 2.24) is 10.2 Å². The van der Waals surface area contributed by atoms with Crippen molar-refractivity contribution in [2.24, 2.45) is 0 Å². The number of hydrogen-bond donors (Lipinski definition) is 1. The predicted octanol–water partition coefficient (Wildman–Crippen LogP) is 4.98. The van der Waals surface area contributed by atoms with Crippen LogP contribution in [0.5, 0.6) is 0 Å². The topological polar surface area (TPSA) is 49.4 Å². The van der Waals surface area contributed by atoms with Gasteiger partial charge in [0, 0.05) is 22.1 Å². The summed E-state index contributed by atoms with van der Waals surface area (Å²) < 4.78 is 0.966. The van der Waals surface area contributed by atoms with Crippen LogP contribution in [-0.2, 0) is 22.6 Å². The smallest absolute Gasteiger partial charge is 0.242 e. The van der Waals surface area contributed by atoms with Gasteiger partial charge < -0.3 is 10.2 Å². The minimum absolute atomic E-state index is 0.0585. The fourth-order valence-electron chi connectivity index (χ4n) is 2.74. The maximum atomic E-state index is 13.1. The molecule has 0 aromatic heterocycles. The summed E-state index contributed by atoms with van der Waals surface area (Å²) in [7, 11) is 0. The zero-order valence-corrected chi connectivity index (χ0v) is 18.8. The molecule has 0 fully saturated rings. The van der Waals surface area contributed by atoms with Gasteiger partial charge in [-0.15, -0.1) is 0 Å². The van der Waals surface area contributed by atoms with Gasteiger partial charge in [-0.1, -0.05) is 64.8 Å². The second-order valence-corrected chi connectivity index (χ2v) is 8.23. The van der Waals surface area contributed by atoms with Crippen LogP contribution in [0.3, 0.4) is 0 Å². The Morgan fingerprint density at radius 2 is 1.75 bits per heavy atom. The largest absolute Gasteiger partial charge is 0.352 e. The van der Waals surface area contributed by atoms with E-state index in [4.69, 9.17) is 11.6 Å². The third-order valence-electron chi connectivity index (χ3n) is 4.73. The monoisotopic (exact) mass is 464 g/mol. The van der Waals surface area contributed by atoms with Crippen LogP contribution in [0.25, 0.3) is 0 Å². The molecule has 0 aliphatic heterocycles. The molecule has 150 valence electrons. The number of carbonyl (C=O) groups is 2. The highest BCUT2D eigenvalue weighted by molar-refractivity contribution is 9.10. The summed E-state index contributed by atoms with van der Waals surface area (Å²) in [5.74, 6) is -0.290. The average Bonchev–Trinajstić information content (AvgIpc) is 2.68. The Labute approximate surface area is 180 Å². The highest BCUT2D eigenvalue weighted by Crippen LogP contribution is 2.19. The molecule has 4 nitrogen and oxygen atoms in total. The first-order valence-corrected chi connectivity index (χ1v) is 10.6. The maximum absolute atomic E-state index is 13.1. The zero-order valence-electron chi connectivity index (χ0n) is 16.4. The van der Waals surface area contributed by atoms with E-state index in [2.05, 4.69) is 21.2 Å². The van der Waals surface area contributed by atoms with E-state index < -0.39 is 6.04 Å². The standard InChI is InChI=1S/C22H26BrClN2O2/c1-4-15(2)25-22(28)16(3)26(14-17-9-11-19(23)12-10-17)21(27)13-18-7-5-6-8-20(18)24/h5-12,15-16H,4,13-14H2,1-3H3,(H,25,28)/t15-,16+/m1/s1. The normalized spacial score (nSPS) is 12.9. The summed E-state index contributed by atoms with van der Waals surface area (Å²) >= 11 is 9.65. The molecule has 28 heavy (non-hydrogen) atoms. The predicted molar refractivity (Wildman–Crippen MR) is 117 cm³/mol. The van der Waals surface area contributed by atoms with Crippen LogP contribution in [0.1, 0.15) is 38.3 Å². The fraction of sp³-hybridized carbons (Fsp3) is 0.364. The van der Waals surface area contributed by atoms with Crippen LogP contribution < -0.4 is 5.32 Å². The molecule has 0 bridgehead atoms. The molecular formula is C22H26BrClN2O2. The van der Waals surface area contributed by atoms with Crippen molar-refractivity contribution >= 4 is 39.3 Å². The molecule has 2 amide bonds. The van der Waals surface area contributed by atoms with Crippen LogP contribution in [-0.4, -0.2) is 28.8 Å². The first-order chi connectivity index (χ1) is 13.3. The van der Waals surface area contributed by atoms with Crippen LogP contribution in [0.4, 0.5) is 0 Å². The summed E-state index contributed by atoms with van der Waals surface area (Å²) in [5, 5.41) is 3.52. The fourth-order valence-corrected chi connectivity index (χ4v) is 3.21. The van der Waals surface area contributed by atoms with Gasteiger partial charge >= 0.3 is 0 Å². The highest BCUT2D eigenvalue weighted by atomic mass is 79.9. The number of rotatable bonds is 8. The maximum Gasteiger partial charge on any atom is 0.242 e. The Balaban J connectivity index is 2.23. The summed E-state index contributed by atoms with van der Waals surface area (Å²) in [5.41, 5.74) is 1.71. The molecular weight excluding hydrogens is 440 g/mol.